The summed E-state index contributed by atoms with van der Waals surface area (Å²) in [5.41, 5.74) is 0.855. The van der Waals surface area contributed by atoms with Gasteiger partial charge in [0.1, 0.15) is 0 Å². The summed E-state index contributed by atoms with van der Waals surface area (Å²) in [4.78, 5) is 10.9. The maximum atomic E-state index is 10.9. The van der Waals surface area contributed by atoms with E-state index < -0.39 is 12.0 Å². The second kappa shape index (κ2) is 3.76. The number of carbonyl (C=O) groups is 1. The van der Waals surface area contributed by atoms with Gasteiger partial charge < -0.3 is 9.52 Å². The van der Waals surface area contributed by atoms with Crippen molar-refractivity contribution in [1.29, 1.82) is 0 Å². The summed E-state index contributed by atoms with van der Waals surface area (Å²) in [6.45, 7) is 3.34. The molecule has 0 aliphatic heterocycles. The Morgan fingerprint density at radius 1 is 1.62 bits per heavy atom. The van der Waals surface area contributed by atoms with Gasteiger partial charge in [-0.3, -0.25) is 0 Å². The van der Waals surface area contributed by atoms with Crippen molar-refractivity contribution in [2.45, 2.75) is 19.9 Å². The standard InChI is InChI=1S/C9H10N4O3/c1-5-3-4-16-7(5)8-10-11-12-13(8)6(2)9(14)15/h3-4,6H,1-2H3,(H,14,15). The summed E-state index contributed by atoms with van der Waals surface area (Å²) < 4.78 is 6.44. The molecule has 2 heterocycles. The molecule has 0 aliphatic rings. The Hall–Kier alpha value is -2.18. The topological polar surface area (TPSA) is 94.0 Å². The van der Waals surface area contributed by atoms with E-state index in [0.29, 0.717) is 11.6 Å². The minimum absolute atomic E-state index is 0.317. The number of hydrogen-bond donors (Lipinski definition) is 1. The third-order valence-electron chi connectivity index (χ3n) is 2.28. The van der Waals surface area contributed by atoms with Gasteiger partial charge in [-0.15, -0.1) is 5.10 Å². The van der Waals surface area contributed by atoms with Crippen molar-refractivity contribution < 1.29 is 14.3 Å². The third kappa shape index (κ3) is 1.56. The molecule has 2 aromatic heterocycles. The van der Waals surface area contributed by atoms with E-state index in [4.69, 9.17) is 9.52 Å². The van der Waals surface area contributed by atoms with Gasteiger partial charge in [-0.2, -0.15) is 0 Å². The molecule has 0 amide bonds. The zero-order valence-electron chi connectivity index (χ0n) is 8.78. The summed E-state index contributed by atoms with van der Waals surface area (Å²) in [6, 6.07) is 0.925. The van der Waals surface area contributed by atoms with Crippen molar-refractivity contribution in [2.24, 2.45) is 0 Å². The lowest BCUT2D eigenvalue weighted by molar-refractivity contribution is -0.140. The third-order valence-corrected chi connectivity index (χ3v) is 2.28. The van der Waals surface area contributed by atoms with E-state index in [1.54, 1.807) is 6.07 Å². The molecule has 0 aromatic carbocycles. The Morgan fingerprint density at radius 2 is 2.38 bits per heavy atom. The zero-order chi connectivity index (χ0) is 11.7. The number of aliphatic carboxylic acids is 1. The van der Waals surface area contributed by atoms with E-state index in [0.717, 1.165) is 5.56 Å². The first-order valence-corrected chi connectivity index (χ1v) is 4.66. The number of hydrogen-bond acceptors (Lipinski definition) is 5. The average molecular weight is 222 g/mol. The van der Waals surface area contributed by atoms with E-state index in [2.05, 4.69) is 15.5 Å². The number of furan rings is 1. The molecular formula is C9H10N4O3. The minimum atomic E-state index is -1.00. The zero-order valence-corrected chi connectivity index (χ0v) is 8.78. The summed E-state index contributed by atoms with van der Waals surface area (Å²) in [5.74, 6) is -0.201. The highest BCUT2D eigenvalue weighted by atomic mass is 16.4. The van der Waals surface area contributed by atoms with Gasteiger partial charge in [-0.25, -0.2) is 9.48 Å². The summed E-state index contributed by atoms with van der Waals surface area (Å²) >= 11 is 0. The lowest BCUT2D eigenvalue weighted by atomic mass is 10.2. The second-order valence-corrected chi connectivity index (χ2v) is 3.39. The molecule has 0 fully saturated rings. The van der Waals surface area contributed by atoms with Gasteiger partial charge >= 0.3 is 5.97 Å². The normalized spacial score (nSPS) is 12.6. The molecule has 0 bridgehead atoms. The van der Waals surface area contributed by atoms with E-state index in [9.17, 15) is 4.79 Å². The minimum Gasteiger partial charge on any atom is -0.480 e. The van der Waals surface area contributed by atoms with Crippen molar-refractivity contribution >= 4 is 5.97 Å². The van der Waals surface area contributed by atoms with Crippen molar-refractivity contribution in [3.8, 4) is 11.6 Å². The maximum absolute atomic E-state index is 10.9. The van der Waals surface area contributed by atoms with Crippen molar-refractivity contribution in [3.05, 3.63) is 17.9 Å². The Morgan fingerprint density at radius 3 is 2.94 bits per heavy atom. The Balaban J connectivity index is 2.48. The van der Waals surface area contributed by atoms with Crippen LogP contribution in [-0.4, -0.2) is 31.3 Å². The molecule has 2 aromatic rings. The highest BCUT2D eigenvalue weighted by Crippen LogP contribution is 2.23. The van der Waals surface area contributed by atoms with Gasteiger partial charge in [0.25, 0.3) is 0 Å². The highest BCUT2D eigenvalue weighted by molar-refractivity contribution is 5.72. The molecule has 0 aliphatic carbocycles. The molecule has 2 rings (SSSR count). The van der Waals surface area contributed by atoms with Crippen molar-refractivity contribution in [3.63, 3.8) is 0 Å². The van der Waals surface area contributed by atoms with Crippen molar-refractivity contribution in [2.75, 3.05) is 0 Å². The molecule has 0 saturated carbocycles. The quantitative estimate of drug-likeness (QED) is 0.828. The number of aryl methyl sites for hydroxylation is 1. The van der Waals surface area contributed by atoms with Crippen LogP contribution in [0.2, 0.25) is 0 Å². The number of aromatic nitrogens is 4. The van der Waals surface area contributed by atoms with Gasteiger partial charge in [-0.05, 0) is 35.9 Å². The first kappa shape index (κ1) is 10.3. The molecule has 16 heavy (non-hydrogen) atoms. The fourth-order valence-corrected chi connectivity index (χ4v) is 1.31. The Kier molecular flexibility index (Phi) is 2.43. The second-order valence-electron chi connectivity index (χ2n) is 3.39. The van der Waals surface area contributed by atoms with Crippen LogP contribution in [0.25, 0.3) is 11.6 Å². The molecule has 0 spiro atoms. The number of carboxylic acids is 1. The molecular weight excluding hydrogens is 212 g/mol. The average Bonchev–Trinajstić information content (AvgIpc) is 2.84. The van der Waals surface area contributed by atoms with Crippen LogP contribution in [0.1, 0.15) is 18.5 Å². The van der Waals surface area contributed by atoms with Crippen LogP contribution in [0, 0.1) is 6.92 Å². The van der Waals surface area contributed by atoms with Crippen LogP contribution in [0.3, 0.4) is 0 Å². The van der Waals surface area contributed by atoms with Crippen LogP contribution in [0.15, 0.2) is 16.7 Å². The first-order valence-electron chi connectivity index (χ1n) is 4.66. The molecule has 1 unspecified atom stereocenters. The smallest absolute Gasteiger partial charge is 0.328 e. The van der Waals surface area contributed by atoms with Crippen LogP contribution in [0.5, 0.6) is 0 Å². The van der Waals surface area contributed by atoms with Gasteiger partial charge in [0, 0.05) is 0 Å². The molecule has 0 radical (unpaired) electrons. The number of rotatable bonds is 3. The predicted octanol–water partition coefficient (Wildman–Crippen LogP) is 0.887. The van der Waals surface area contributed by atoms with Gasteiger partial charge in [0.05, 0.1) is 6.26 Å². The Labute approximate surface area is 90.7 Å². The number of tetrazole rings is 1. The fourth-order valence-electron chi connectivity index (χ4n) is 1.31. The number of nitrogens with zero attached hydrogens (tertiary/aromatic N) is 4. The van der Waals surface area contributed by atoms with E-state index in [1.807, 2.05) is 6.92 Å². The number of carboxylic acid groups (broad SMARTS) is 1. The van der Waals surface area contributed by atoms with Crippen molar-refractivity contribution in [1.82, 2.24) is 20.2 Å². The first-order chi connectivity index (χ1) is 7.61. The molecule has 1 N–H and O–H groups in total. The molecule has 84 valence electrons. The van der Waals surface area contributed by atoms with E-state index >= 15 is 0 Å². The fraction of sp³-hybridized carbons (Fsp3) is 0.333. The summed E-state index contributed by atoms with van der Waals surface area (Å²) in [5, 5.41) is 19.8. The van der Waals surface area contributed by atoms with E-state index in [-0.39, 0.29) is 0 Å². The monoisotopic (exact) mass is 222 g/mol. The van der Waals surface area contributed by atoms with Gasteiger partial charge in [-0.1, -0.05) is 0 Å². The van der Waals surface area contributed by atoms with Gasteiger partial charge in [0.15, 0.2) is 11.8 Å². The predicted molar refractivity (Wildman–Crippen MR) is 52.6 cm³/mol. The largest absolute Gasteiger partial charge is 0.480 e. The molecule has 1 atom stereocenters. The molecule has 7 nitrogen and oxygen atoms in total. The van der Waals surface area contributed by atoms with Crippen LogP contribution in [0.4, 0.5) is 0 Å². The maximum Gasteiger partial charge on any atom is 0.328 e. The van der Waals surface area contributed by atoms with E-state index in [1.165, 1.54) is 17.9 Å². The highest BCUT2D eigenvalue weighted by Gasteiger charge is 2.22. The Bertz CT molecular complexity index is 516. The van der Waals surface area contributed by atoms with Gasteiger partial charge in [0.2, 0.25) is 5.82 Å². The van der Waals surface area contributed by atoms with Crippen LogP contribution < -0.4 is 0 Å². The molecule has 0 saturated heterocycles. The lowest BCUT2D eigenvalue weighted by Crippen LogP contribution is -2.18. The van der Waals surface area contributed by atoms with Crippen LogP contribution in [-0.2, 0) is 4.79 Å². The molecule has 7 heteroatoms. The lowest BCUT2D eigenvalue weighted by Gasteiger charge is -2.07. The summed E-state index contributed by atoms with van der Waals surface area (Å²) in [6.07, 6.45) is 1.51. The van der Waals surface area contributed by atoms with Crippen LogP contribution >= 0.6 is 0 Å². The summed E-state index contributed by atoms with van der Waals surface area (Å²) in [7, 11) is 0. The SMILES string of the molecule is Cc1ccoc1-c1nnnn1C(C)C(=O)O.